The molecule has 272 valence electrons. The van der Waals surface area contributed by atoms with E-state index in [2.05, 4.69) is 25.9 Å². The number of halogens is 1. The fourth-order valence-corrected chi connectivity index (χ4v) is 6.40. The molecule has 1 aliphatic heterocycles. The van der Waals surface area contributed by atoms with Crippen LogP contribution >= 0.6 is 0 Å². The summed E-state index contributed by atoms with van der Waals surface area (Å²) in [6.45, 7) is 8.26. The highest BCUT2D eigenvalue weighted by molar-refractivity contribution is 5.90. The Morgan fingerprint density at radius 1 is 1.06 bits per heavy atom. The molecule has 1 aliphatic rings. The van der Waals surface area contributed by atoms with Crippen LogP contribution < -0.4 is 16.0 Å². The third-order valence-electron chi connectivity index (χ3n) is 9.41. The number of hydrogen-bond donors (Lipinski definition) is 4. The number of aromatic nitrogens is 3. The molecule has 3 heterocycles. The number of hydrogen-bond acceptors (Lipinski definition) is 8. The lowest BCUT2D eigenvalue weighted by Gasteiger charge is -2.38. The summed E-state index contributed by atoms with van der Waals surface area (Å²) in [5, 5.41) is 20.9. The number of rotatable bonds is 14. The number of aliphatic hydroxyl groups excluding tert-OH is 1. The highest BCUT2D eigenvalue weighted by atomic mass is 19.1. The normalized spacial score (nSPS) is 18.1. The molecule has 0 aliphatic carbocycles. The van der Waals surface area contributed by atoms with E-state index in [1.807, 2.05) is 56.0 Å². The van der Waals surface area contributed by atoms with Crippen molar-refractivity contribution in [3.8, 4) is 0 Å². The number of amides is 3. The van der Waals surface area contributed by atoms with E-state index in [9.17, 15) is 23.9 Å². The summed E-state index contributed by atoms with van der Waals surface area (Å²) >= 11 is 0. The van der Waals surface area contributed by atoms with Crippen molar-refractivity contribution in [1.82, 2.24) is 40.1 Å². The zero-order valence-electron chi connectivity index (χ0n) is 29.9. The quantitative estimate of drug-likeness (QED) is 0.147. The molecule has 0 radical (unpaired) electrons. The van der Waals surface area contributed by atoms with Crippen LogP contribution in [0.3, 0.4) is 0 Å². The van der Waals surface area contributed by atoms with Crippen molar-refractivity contribution < 1.29 is 23.9 Å². The van der Waals surface area contributed by atoms with Gasteiger partial charge >= 0.3 is 0 Å². The van der Waals surface area contributed by atoms with Crippen LogP contribution in [-0.2, 0) is 27.2 Å². The minimum atomic E-state index is -1.16. The first-order valence-electron chi connectivity index (χ1n) is 17.4. The van der Waals surface area contributed by atoms with Crippen LogP contribution in [0.2, 0.25) is 0 Å². The van der Waals surface area contributed by atoms with Gasteiger partial charge in [0, 0.05) is 50.3 Å². The molecule has 2 aromatic heterocycles. The van der Waals surface area contributed by atoms with Crippen molar-refractivity contribution in [3.63, 3.8) is 0 Å². The number of carbonyl (C=O) groups is 3. The zero-order chi connectivity index (χ0) is 36.7. The zero-order valence-corrected chi connectivity index (χ0v) is 29.9. The average molecular weight is 701 g/mol. The van der Waals surface area contributed by atoms with E-state index in [4.69, 9.17) is 0 Å². The highest BCUT2D eigenvalue weighted by Crippen LogP contribution is 2.29. The third kappa shape index (κ3) is 9.75. The lowest BCUT2D eigenvalue weighted by Crippen LogP contribution is -2.59. The Balaban J connectivity index is 1.44. The predicted molar refractivity (Wildman–Crippen MR) is 192 cm³/mol. The molecular weight excluding hydrogens is 651 g/mol. The number of aliphatic hydroxyl groups is 1. The van der Waals surface area contributed by atoms with Crippen LogP contribution in [-0.4, -0.2) is 97.8 Å². The number of nitrogens with zero attached hydrogens (tertiary/aromatic N) is 5. The van der Waals surface area contributed by atoms with Gasteiger partial charge in [-0.05, 0) is 61.6 Å². The number of fused-ring (bicyclic) bond motifs is 1. The van der Waals surface area contributed by atoms with Crippen LogP contribution in [0.25, 0.3) is 5.78 Å². The molecular formula is C38H49FN8O4. The van der Waals surface area contributed by atoms with E-state index >= 15 is 0 Å². The van der Waals surface area contributed by atoms with Crippen molar-refractivity contribution in [3.05, 3.63) is 102 Å². The number of likely N-dealkylation sites (N-methyl/N-ethyl adjacent to an activating group) is 1. The van der Waals surface area contributed by atoms with Gasteiger partial charge < -0.3 is 26.0 Å². The maximum Gasteiger partial charge on any atom is 0.246 e. The molecule has 4 N–H and O–H groups in total. The molecule has 5 rings (SSSR count). The molecule has 2 aromatic carbocycles. The molecule has 13 heteroatoms. The topological polar surface area (TPSA) is 144 Å². The number of nitrogens with one attached hydrogen (secondary N) is 3. The average Bonchev–Trinajstić information content (AvgIpc) is 3.72. The molecule has 1 saturated heterocycles. The summed E-state index contributed by atoms with van der Waals surface area (Å²) in [5.41, 5.74) is 1.51. The van der Waals surface area contributed by atoms with E-state index in [1.54, 1.807) is 60.1 Å². The number of benzene rings is 2. The van der Waals surface area contributed by atoms with Crippen molar-refractivity contribution in [2.75, 3.05) is 26.7 Å². The van der Waals surface area contributed by atoms with Crippen molar-refractivity contribution >= 4 is 23.5 Å². The van der Waals surface area contributed by atoms with Gasteiger partial charge in [-0.2, -0.15) is 0 Å². The number of likely N-dealkylation sites (tertiary alicyclic amines) is 1. The summed E-state index contributed by atoms with van der Waals surface area (Å²) in [4.78, 5) is 53.3. The first-order chi connectivity index (χ1) is 24.3. The van der Waals surface area contributed by atoms with Crippen molar-refractivity contribution in [2.24, 2.45) is 5.41 Å². The van der Waals surface area contributed by atoms with Gasteiger partial charge in [0.25, 0.3) is 0 Å². The smallest absolute Gasteiger partial charge is 0.246 e. The molecule has 0 saturated carbocycles. The molecule has 51 heavy (non-hydrogen) atoms. The molecule has 12 nitrogen and oxygen atoms in total. The van der Waals surface area contributed by atoms with Gasteiger partial charge in [0.15, 0.2) is 6.23 Å². The Kier molecular flexibility index (Phi) is 12.2. The van der Waals surface area contributed by atoms with Gasteiger partial charge in [-0.15, -0.1) is 0 Å². The Morgan fingerprint density at radius 2 is 1.78 bits per heavy atom. The van der Waals surface area contributed by atoms with Crippen molar-refractivity contribution in [2.45, 2.75) is 77.4 Å². The third-order valence-corrected chi connectivity index (χ3v) is 9.41. The van der Waals surface area contributed by atoms with Crippen LogP contribution in [0.1, 0.15) is 57.2 Å². The van der Waals surface area contributed by atoms with Crippen LogP contribution in [0.15, 0.2) is 79.3 Å². The standard InChI is InChI=1S/C38H49FN8O4/c1-25(40-5)34(49)44-33(38(2,3)4)36(51)47-22-29(42-32(48)20-27-10-7-6-8-11-27)21-30(47)23-45(19-16-26-12-14-28(39)15-13-26)35(50)31-24-46-18-9-17-41-37(46)43-31/h6-15,17-18,24-25,29-30,33,35,40,50H,16,19-23H2,1-5H3,(H,42,48)(H,44,49)/t25-,29-,30?,33+,35?/m0/s1. The largest absolute Gasteiger partial charge is 0.372 e. The van der Waals surface area contributed by atoms with Gasteiger partial charge in [0.2, 0.25) is 23.5 Å². The fraction of sp³-hybridized carbons (Fsp3) is 0.447. The van der Waals surface area contributed by atoms with E-state index in [0.29, 0.717) is 30.9 Å². The molecule has 0 bridgehead atoms. The Morgan fingerprint density at radius 3 is 2.45 bits per heavy atom. The predicted octanol–water partition coefficient (Wildman–Crippen LogP) is 2.87. The summed E-state index contributed by atoms with van der Waals surface area (Å²) in [7, 11) is 1.68. The first-order valence-corrected chi connectivity index (χ1v) is 17.4. The molecule has 1 fully saturated rings. The van der Waals surface area contributed by atoms with E-state index in [0.717, 1.165) is 11.1 Å². The van der Waals surface area contributed by atoms with Crippen LogP contribution in [0.4, 0.5) is 4.39 Å². The minimum absolute atomic E-state index is 0.159. The van der Waals surface area contributed by atoms with E-state index in [-0.39, 0.29) is 49.1 Å². The molecule has 0 spiro atoms. The second kappa shape index (κ2) is 16.5. The summed E-state index contributed by atoms with van der Waals surface area (Å²) in [5.74, 6) is -0.630. The minimum Gasteiger partial charge on any atom is -0.372 e. The van der Waals surface area contributed by atoms with Crippen molar-refractivity contribution in [1.29, 1.82) is 0 Å². The van der Waals surface area contributed by atoms with Gasteiger partial charge in [0.05, 0.1) is 12.5 Å². The van der Waals surface area contributed by atoms with Gasteiger partial charge in [-0.25, -0.2) is 14.4 Å². The lowest BCUT2D eigenvalue weighted by atomic mass is 9.85. The lowest BCUT2D eigenvalue weighted by molar-refractivity contribution is -0.141. The van der Waals surface area contributed by atoms with Crippen LogP contribution in [0.5, 0.6) is 0 Å². The summed E-state index contributed by atoms with van der Waals surface area (Å²) < 4.78 is 15.4. The second-order valence-corrected chi connectivity index (χ2v) is 14.4. The van der Waals surface area contributed by atoms with E-state index < -0.39 is 29.8 Å². The van der Waals surface area contributed by atoms with Gasteiger partial charge in [-0.1, -0.05) is 63.2 Å². The summed E-state index contributed by atoms with van der Waals surface area (Å²) in [6, 6.07) is 15.3. The second-order valence-electron chi connectivity index (χ2n) is 14.4. The first kappa shape index (κ1) is 37.5. The molecule has 4 aromatic rings. The Hall–Kier alpha value is -4.72. The maximum absolute atomic E-state index is 14.6. The molecule has 2 unspecified atom stereocenters. The summed E-state index contributed by atoms with van der Waals surface area (Å²) in [6.07, 6.45) is 5.09. The number of imidazole rings is 1. The van der Waals surface area contributed by atoms with Gasteiger partial charge in [-0.3, -0.25) is 23.7 Å². The SMILES string of the molecule is CN[C@@H](C)C(=O)N[C@H](C(=O)N1C[C@@H](NC(=O)Cc2ccccc2)CC1CN(CCc1ccc(F)cc1)C(O)c1cn2cccnc2n1)C(C)(C)C. The fourth-order valence-electron chi connectivity index (χ4n) is 6.40. The Bertz CT molecular complexity index is 1740. The highest BCUT2D eigenvalue weighted by Gasteiger charge is 2.44. The molecule has 5 atom stereocenters. The van der Waals surface area contributed by atoms with E-state index in [1.165, 1.54) is 12.1 Å². The van der Waals surface area contributed by atoms with Gasteiger partial charge in [0.1, 0.15) is 17.6 Å². The monoisotopic (exact) mass is 700 g/mol. The Labute approximate surface area is 298 Å². The van der Waals surface area contributed by atoms with Crippen LogP contribution in [0, 0.1) is 11.2 Å². The maximum atomic E-state index is 14.6. The number of carbonyl (C=O) groups excluding carboxylic acids is 3. The molecule has 3 amide bonds.